The van der Waals surface area contributed by atoms with Crippen LogP contribution in [-0.4, -0.2) is 35.1 Å². The van der Waals surface area contributed by atoms with Gasteiger partial charge in [-0.1, -0.05) is 25.1 Å². The van der Waals surface area contributed by atoms with Gasteiger partial charge in [0.1, 0.15) is 0 Å². The highest BCUT2D eigenvalue weighted by Gasteiger charge is 2.15. The second-order valence-electron chi connectivity index (χ2n) is 5.82. The number of nitrogens with zero attached hydrogens (tertiary/aromatic N) is 2. The molecule has 0 amide bonds. The number of hydrogen-bond donors (Lipinski definition) is 1. The van der Waals surface area contributed by atoms with Crippen molar-refractivity contribution in [2.24, 2.45) is 7.05 Å². The van der Waals surface area contributed by atoms with Crippen LogP contribution in [0.3, 0.4) is 0 Å². The van der Waals surface area contributed by atoms with Crippen LogP contribution in [0.25, 0.3) is 10.9 Å². The molecule has 1 aromatic heterocycles. The largest absolute Gasteiger partial charge is 0.377 e. The number of fused-ring (bicyclic) bond motifs is 1. The van der Waals surface area contributed by atoms with Crippen LogP contribution in [0.1, 0.15) is 32.9 Å². The van der Waals surface area contributed by atoms with Crippen LogP contribution in [0, 0.1) is 0 Å². The predicted molar refractivity (Wildman–Crippen MR) is 87.6 cm³/mol. The van der Waals surface area contributed by atoms with Crippen molar-refractivity contribution in [2.75, 3.05) is 13.2 Å². The third-order valence-electron chi connectivity index (χ3n) is 3.59. The van der Waals surface area contributed by atoms with Crippen molar-refractivity contribution in [1.82, 2.24) is 15.1 Å². The molecule has 1 unspecified atom stereocenters. The molecule has 0 saturated carbocycles. The van der Waals surface area contributed by atoms with Crippen LogP contribution >= 0.6 is 0 Å². The Morgan fingerprint density at radius 3 is 2.76 bits per heavy atom. The molecule has 0 bridgehead atoms. The van der Waals surface area contributed by atoms with E-state index in [1.54, 1.807) is 0 Å². The molecule has 1 heterocycles. The van der Waals surface area contributed by atoms with E-state index >= 15 is 0 Å². The number of aromatic nitrogens is 2. The Hall–Kier alpha value is -1.39. The number of hydrogen-bond acceptors (Lipinski definition) is 3. The zero-order valence-corrected chi connectivity index (χ0v) is 13.6. The van der Waals surface area contributed by atoms with Gasteiger partial charge in [0, 0.05) is 24.9 Å². The predicted octanol–water partition coefficient (Wildman–Crippen LogP) is 2.91. The first-order chi connectivity index (χ1) is 10.1. The Morgan fingerprint density at radius 1 is 1.29 bits per heavy atom. The highest BCUT2D eigenvalue weighted by atomic mass is 16.5. The molecule has 1 N–H and O–H groups in total. The number of para-hydroxylation sites is 1. The van der Waals surface area contributed by atoms with Crippen LogP contribution in [0.4, 0.5) is 0 Å². The normalized spacial score (nSPS) is 13.2. The molecule has 4 heteroatoms. The Kier molecular flexibility index (Phi) is 5.76. The van der Waals surface area contributed by atoms with E-state index in [1.165, 1.54) is 10.9 Å². The Balaban J connectivity index is 2.13. The summed E-state index contributed by atoms with van der Waals surface area (Å²) in [7, 11) is 2.00. The maximum absolute atomic E-state index is 5.80. The molecule has 0 aliphatic heterocycles. The van der Waals surface area contributed by atoms with E-state index in [2.05, 4.69) is 55.5 Å². The molecule has 2 aromatic rings. The molecule has 0 radical (unpaired) electrons. The first-order valence-corrected chi connectivity index (χ1v) is 7.87. The van der Waals surface area contributed by atoms with E-state index in [4.69, 9.17) is 4.74 Å². The quantitative estimate of drug-likeness (QED) is 0.812. The standard InChI is InChI=1S/C17H27N3O/c1-5-10-18-14(12-21-13(2)3)11-16-15-8-6-7-9-17(15)20(4)19-16/h6-9,13-14,18H,5,10-12H2,1-4H3. The molecule has 0 aliphatic rings. The van der Waals surface area contributed by atoms with Crippen LogP contribution in [-0.2, 0) is 18.2 Å². The lowest BCUT2D eigenvalue weighted by molar-refractivity contribution is 0.0611. The zero-order chi connectivity index (χ0) is 15.2. The summed E-state index contributed by atoms with van der Waals surface area (Å²) in [5.74, 6) is 0. The van der Waals surface area contributed by atoms with E-state index in [-0.39, 0.29) is 6.10 Å². The highest BCUT2D eigenvalue weighted by Crippen LogP contribution is 2.18. The number of rotatable bonds is 8. The lowest BCUT2D eigenvalue weighted by atomic mass is 10.1. The summed E-state index contributed by atoms with van der Waals surface area (Å²) in [4.78, 5) is 0. The Morgan fingerprint density at radius 2 is 2.05 bits per heavy atom. The van der Waals surface area contributed by atoms with Crippen molar-refractivity contribution in [2.45, 2.75) is 45.8 Å². The van der Waals surface area contributed by atoms with Gasteiger partial charge < -0.3 is 10.1 Å². The molecule has 21 heavy (non-hydrogen) atoms. The summed E-state index contributed by atoms with van der Waals surface area (Å²) >= 11 is 0. The van der Waals surface area contributed by atoms with Crippen molar-refractivity contribution in [1.29, 1.82) is 0 Å². The summed E-state index contributed by atoms with van der Waals surface area (Å²) < 4.78 is 7.76. The molecule has 1 atom stereocenters. The van der Waals surface area contributed by atoms with E-state index in [0.29, 0.717) is 6.04 Å². The van der Waals surface area contributed by atoms with E-state index < -0.39 is 0 Å². The number of aryl methyl sites for hydroxylation is 1. The second-order valence-corrected chi connectivity index (χ2v) is 5.82. The first kappa shape index (κ1) is 16.0. The lowest BCUT2D eigenvalue weighted by Gasteiger charge is -2.19. The van der Waals surface area contributed by atoms with Gasteiger partial charge in [-0.05, 0) is 32.9 Å². The van der Waals surface area contributed by atoms with Crippen LogP contribution in [0.15, 0.2) is 24.3 Å². The smallest absolute Gasteiger partial charge is 0.0719 e. The van der Waals surface area contributed by atoms with Crippen molar-refractivity contribution in [3.63, 3.8) is 0 Å². The molecule has 4 nitrogen and oxygen atoms in total. The fourth-order valence-corrected chi connectivity index (χ4v) is 2.52. The van der Waals surface area contributed by atoms with Crippen LogP contribution in [0.2, 0.25) is 0 Å². The molecular formula is C17H27N3O. The van der Waals surface area contributed by atoms with Crippen molar-refractivity contribution in [3.8, 4) is 0 Å². The monoisotopic (exact) mass is 289 g/mol. The van der Waals surface area contributed by atoms with Gasteiger partial charge in [-0.2, -0.15) is 5.10 Å². The number of benzene rings is 1. The van der Waals surface area contributed by atoms with Gasteiger partial charge in [0.15, 0.2) is 0 Å². The Labute approximate surface area is 127 Å². The third kappa shape index (κ3) is 4.29. The third-order valence-corrected chi connectivity index (χ3v) is 3.59. The molecule has 0 aliphatic carbocycles. The Bertz CT molecular complexity index is 562. The minimum absolute atomic E-state index is 0.261. The molecular weight excluding hydrogens is 262 g/mol. The minimum atomic E-state index is 0.261. The molecule has 1 aromatic carbocycles. The fourth-order valence-electron chi connectivity index (χ4n) is 2.52. The van der Waals surface area contributed by atoms with Gasteiger partial charge >= 0.3 is 0 Å². The molecule has 0 fully saturated rings. The maximum Gasteiger partial charge on any atom is 0.0719 e. The highest BCUT2D eigenvalue weighted by molar-refractivity contribution is 5.81. The summed E-state index contributed by atoms with van der Waals surface area (Å²) in [6, 6.07) is 8.71. The average Bonchev–Trinajstić information content (AvgIpc) is 2.79. The average molecular weight is 289 g/mol. The van der Waals surface area contributed by atoms with Gasteiger partial charge in [0.05, 0.1) is 23.9 Å². The van der Waals surface area contributed by atoms with Gasteiger partial charge in [0.2, 0.25) is 0 Å². The lowest BCUT2D eigenvalue weighted by Crippen LogP contribution is -2.37. The van der Waals surface area contributed by atoms with E-state index in [9.17, 15) is 0 Å². The van der Waals surface area contributed by atoms with Crippen LogP contribution < -0.4 is 5.32 Å². The van der Waals surface area contributed by atoms with Crippen molar-refractivity contribution in [3.05, 3.63) is 30.0 Å². The van der Waals surface area contributed by atoms with Gasteiger partial charge in [-0.3, -0.25) is 4.68 Å². The molecule has 0 saturated heterocycles. The first-order valence-electron chi connectivity index (χ1n) is 7.87. The zero-order valence-electron chi connectivity index (χ0n) is 13.6. The summed E-state index contributed by atoms with van der Waals surface area (Å²) in [5, 5.41) is 9.50. The molecule has 116 valence electrons. The number of nitrogens with one attached hydrogen (secondary N) is 1. The molecule has 0 spiro atoms. The number of ether oxygens (including phenoxy) is 1. The van der Waals surface area contributed by atoms with E-state index in [1.807, 2.05) is 11.7 Å². The summed E-state index contributed by atoms with van der Waals surface area (Å²) in [5.41, 5.74) is 2.33. The summed E-state index contributed by atoms with van der Waals surface area (Å²) in [6.45, 7) is 8.07. The topological polar surface area (TPSA) is 39.1 Å². The van der Waals surface area contributed by atoms with Crippen LogP contribution in [0.5, 0.6) is 0 Å². The summed E-state index contributed by atoms with van der Waals surface area (Å²) in [6.07, 6.45) is 2.28. The SMILES string of the molecule is CCCNC(COC(C)C)Cc1nn(C)c2ccccc12. The fraction of sp³-hybridized carbons (Fsp3) is 0.588. The van der Waals surface area contributed by atoms with Crippen molar-refractivity contribution < 1.29 is 4.74 Å². The maximum atomic E-state index is 5.80. The van der Waals surface area contributed by atoms with Gasteiger partial charge in [-0.25, -0.2) is 0 Å². The molecule has 2 rings (SSSR count). The second kappa shape index (κ2) is 7.57. The van der Waals surface area contributed by atoms with E-state index in [0.717, 1.165) is 31.7 Å². The van der Waals surface area contributed by atoms with Gasteiger partial charge in [0.25, 0.3) is 0 Å². The minimum Gasteiger partial charge on any atom is -0.377 e. The van der Waals surface area contributed by atoms with Gasteiger partial charge in [-0.15, -0.1) is 0 Å². The van der Waals surface area contributed by atoms with Crippen molar-refractivity contribution >= 4 is 10.9 Å².